The van der Waals surface area contributed by atoms with Crippen LogP contribution in [0.3, 0.4) is 0 Å². The summed E-state index contributed by atoms with van der Waals surface area (Å²) in [5.41, 5.74) is 0.744. The van der Waals surface area contributed by atoms with Gasteiger partial charge in [0.15, 0.2) is 0 Å². The highest BCUT2D eigenvalue weighted by molar-refractivity contribution is 8.14. The van der Waals surface area contributed by atoms with E-state index in [0.717, 1.165) is 17.3 Å². The number of imide groups is 1. The molecule has 21 heavy (non-hydrogen) atoms. The highest BCUT2D eigenvalue weighted by Crippen LogP contribution is 2.26. The molecule has 110 valence electrons. The Morgan fingerprint density at radius 2 is 1.90 bits per heavy atom. The molecule has 0 aliphatic carbocycles. The maximum absolute atomic E-state index is 12.8. The monoisotopic (exact) mass is 308 g/mol. The SMILES string of the molecule is O=C(Cc1ccc(F)cc1)N1CC(N2C(=O)CSC2=O)C1. The summed E-state index contributed by atoms with van der Waals surface area (Å²) in [6, 6.07) is 5.60. The van der Waals surface area contributed by atoms with E-state index in [1.807, 2.05) is 0 Å². The van der Waals surface area contributed by atoms with Crippen LogP contribution in [0, 0.1) is 5.82 Å². The van der Waals surface area contributed by atoms with Gasteiger partial charge in [-0.15, -0.1) is 0 Å². The van der Waals surface area contributed by atoms with Crippen LogP contribution in [-0.2, 0) is 16.0 Å². The maximum Gasteiger partial charge on any atom is 0.289 e. The van der Waals surface area contributed by atoms with Crippen molar-refractivity contribution in [3.63, 3.8) is 0 Å². The quantitative estimate of drug-likeness (QED) is 0.844. The van der Waals surface area contributed by atoms with Gasteiger partial charge in [-0.1, -0.05) is 23.9 Å². The topological polar surface area (TPSA) is 57.7 Å². The third-order valence-electron chi connectivity index (χ3n) is 3.63. The Labute approximate surface area is 125 Å². The van der Waals surface area contributed by atoms with Crippen LogP contribution >= 0.6 is 11.8 Å². The standard InChI is InChI=1S/C14H13FN2O3S/c15-10-3-1-9(2-4-10)5-12(18)16-6-11(7-16)17-13(19)8-21-14(17)20/h1-4,11H,5-8H2. The normalized spacial score (nSPS) is 19.1. The summed E-state index contributed by atoms with van der Waals surface area (Å²) in [7, 11) is 0. The van der Waals surface area contributed by atoms with Crippen molar-refractivity contribution in [2.75, 3.05) is 18.8 Å². The second-order valence-corrected chi connectivity index (χ2v) is 6.00. The number of likely N-dealkylation sites (tertiary alicyclic amines) is 1. The average Bonchev–Trinajstić information content (AvgIpc) is 2.72. The van der Waals surface area contributed by atoms with Crippen LogP contribution < -0.4 is 0 Å². The van der Waals surface area contributed by atoms with E-state index in [2.05, 4.69) is 0 Å². The predicted octanol–water partition coefficient (Wildman–Crippen LogP) is 1.27. The molecular formula is C14H13FN2O3S. The third-order valence-corrected chi connectivity index (χ3v) is 4.47. The number of hydrogen-bond donors (Lipinski definition) is 0. The van der Waals surface area contributed by atoms with Gasteiger partial charge in [-0.25, -0.2) is 4.39 Å². The van der Waals surface area contributed by atoms with Crippen molar-refractivity contribution in [2.24, 2.45) is 0 Å². The summed E-state index contributed by atoms with van der Waals surface area (Å²) in [4.78, 5) is 38.0. The molecule has 2 aliphatic heterocycles. The largest absolute Gasteiger partial charge is 0.338 e. The van der Waals surface area contributed by atoms with E-state index >= 15 is 0 Å². The number of thioether (sulfide) groups is 1. The Morgan fingerprint density at radius 3 is 2.48 bits per heavy atom. The minimum Gasteiger partial charge on any atom is -0.338 e. The Bertz CT molecular complexity index is 583. The van der Waals surface area contributed by atoms with Crippen LogP contribution in [0.15, 0.2) is 24.3 Å². The first-order chi connectivity index (χ1) is 10.0. The molecule has 0 bridgehead atoms. The van der Waals surface area contributed by atoms with Gasteiger partial charge in [-0.05, 0) is 17.7 Å². The van der Waals surface area contributed by atoms with Crippen LogP contribution in [0.4, 0.5) is 9.18 Å². The van der Waals surface area contributed by atoms with Gasteiger partial charge >= 0.3 is 0 Å². The van der Waals surface area contributed by atoms with Gasteiger partial charge in [0.25, 0.3) is 5.24 Å². The molecule has 0 aromatic heterocycles. The summed E-state index contributed by atoms with van der Waals surface area (Å²) >= 11 is 1.00. The number of carbonyl (C=O) groups is 3. The molecule has 0 N–H and O–H groups in total. The first-order valence-electron chi connectivity index (χ1n) is 6.55. The van der Waals surface area contributed by atoms with E-state index in [0.29, 0.717) is 13.1 Å². The zero-order valence-electron chi connectivity index (χ0n) is 11.1. The third kappa shape index (κ3) is 2.78. The lowest BCUT2D eigenvalue weighted by molar-refractivity contribution is -0.141. The lowest BCUT2D eigenvalue weighted by Gasteiger charge is -2.42. The molecule has 0 unspecified atom stereocenters. The second-order valence-electron chi connectivity index (χ2n) is 5.07. The van der Waals surface area contributed by atoms with Crippen molar-refractivity contribution in [1.29, 1.82) is 0 Å². The molecule has 0 atom stereocenters. The van der Waals surface area contributed by atoms with Gasteiger partial charge in [0.1, 0.15) is 5.82 Å². The smallest absolute Gasteiger partial charge is 0.289 e. The van der Waals surface area contributed by atoms with Crippen LogP contribution in [-0.4, -0.2) is 51.7 Å². The molecule has 1 aromatic rings. The molecule has 2 aliphatic rings. The molecule has 3 amide bonds. The van der Waals surface area contributed by atoms with Gasteiger partial charge < -0.3 is 4.90 Å². The first kappa shape index (κ1) is 14.1. The fraction of sp³-hybridized carbons (Fsp3) is 0.357. The number of nitrogens with zero attached hydrogens (tertiary/aromatic N) is 2. The predicted molar refractivity (Wildman–Crippen MR) is 75.2 cm³/mol. The van der Waals surface area contributed by atoms with Gasteiger partial charge in [-0.2, -0.15) is 0 Å². The summed E-state index contributed by atoms with van der Waals surface area (Å²) < 4.78 is 12.8. The highest BCUT2D eigenvalue weighted by atomic mass is 32.2. The summed E-state index contributed by atoms with van der Waals surface area (Å²) in [6.45, 7) is 0.774. The van der Waals surface area contributed by atoms with E-state index in [1.54, 1.807) is 17.0 Å². The van der Waals surface area contributed by atoms with Crippen molar-refractivity contribution >= 4 is 28.8 Å². The van der Waals surface area contributed by atoms with E-state index in [4.69, 9.17) is 0 Å². The summed E-state index contributed by atoms with van der Waals surface area (Å²) in [5.74, 6) is -0.400. The number of rotatable bonds is 3. The average molecular weight is 308 g/mol. The van der Waals surface area contributed by atoms with Crippen molar-refractivity contribution in [3.8, 4) is 0 Å². The van der Waals surface area contributed by atoms with E-state index < -0.39 is 0 Å². The van der Waals surface area contributed by atoms with Crippen molar-refractivity contribution in [2.45, 2.75) is 12.5 Å². The molecule has 5 nitrogen and oxygen atoms in total. The fourth-order valence-electron chi connectivity index (χ4n) is 2.43. The zero-order valence-corrected chi connectivity index (χ0v) is 11.9. The van der Waals surface area contributed by atoms with Gasteiger partial charge in [0.2, 0.25) is 11.8 Å². The van der Waals surface area contributed by atoms with Crippen LogP contribution in [0.2, 0.25) is 0 Å². The molecule has 2 fully saturated rings. The number of halogens is 1. The Kier molecular flexibility index (Phi) is 3.67. The van der Waals surface area contributed by atoms with Crippen LogP contribution in [0.25, 0.3) is 0 Å². The minimum absolute atomic E-state index is 0.0791. The van der Waals surface area contributed by atoms with E-state index in [-0.39, 0.29) is 41.1 Å². The second kappa shape index (κ2) is 5.48. The van der Waals surface area contributed by atoms with E-state index in [1.165, 1.54) is 17.0 Å². The van der Waals surface area contributed by atoms with E-state index in [9.17, 15) is 18.8 Å². The van der Waals surface area contributed by atoms with Gasteiger partial charge in [-0.3, -0.25) is 19.3 Å². The number of amides is 3. The fourth-order valence-corrected chi connectivity index (χ4v) is 3.20. The van der Waals surface area contributed by atoms with Crippen molar-refractivity contribution in [3.05, 3.63) is 35.6 Å². The summed E-state index contributed by atoms with van der Waals surface area (Å²) in [6.07, 6.45) is 0.198. The lowest BCUT2D eigenvalue weighted by Crippen LogP contribution is -2.62. The maximum atomic E-state index is 12.8. The zero-order chi connectivity index (χ0) is 15.0. The number of benzene rings is 1. The van der Waals surface area contributed by atoms with Crippen molar-refractivity contribution in [1.82, 2.24) is 9.80 Å². The van der Waals surface area contributed by atoms with Gasteiger partial charge in [0.05, 0.1) is 18.2 Å². The molecule has 3 rings (SSSR count). The molecule has 2 heterocycles. The van der Waals surface area contributed by atoms with Crippen LogP contribution in [0.1, 0.15) is 5.56 Å². The molecule has 7 heteroatoms. The van der Waals surface area contributed by atoms with Crippen LogP contribution in [0.5, 0.6) is 0 Å². The Balaban J connectivity index is 1.54. The van der Waals surface area contributed by atoms with Crippen molar-refractivity contribution < 1.29 is 18.8 Å². The minimum atomic E-state index is -0.334. The van der Waals surface area contributed by atoms with Gasteiger partial charge in [0, 0.05) is 13.1 Å². The molecular weight excluding hydrogens is 295 g/mol. The molecule has 0 radical (unpaired) electrons. The lowest BCUT2D eigenvalue weighted by atomic mass is 10.0. The Morgan fingerprint density at radius 1 is 1.24 bits per heavy atom. The molecule has 0 spiro atoms. The summed E-state index contributed by atoms with van der Waals surface area (Å²) in [5, 5.41) is -0.226. The highest BCUT2D eigenvalue weighted by Gasteiger charge is 2.43. The number of carbonyl (C=O) groups excluding carboxylic acids is 3. The molecule has 2 saturated heterocycles. The molecule has 0 saturated carbocycles. The molecule has 1 aromatic carbocycles. The first-order valence-corrected chi connectivity index (χ1v) is 7.54. The Hall–Kier alpha value is -1.89. The number of hydrogen-bond acceptors (Lipinski definition) is 4.